The van der Waals surface area contributed by atoms with Crippen molar-refractivity contribution in [1.82, 2.24) is 20.1 Å². The lowest BCUT2D eigenvalue weighted by molar-refractivity contribution is -0.136. The number of aryl methyl sites for hydroxylation is 1. The molecule has 1 aromatic heterocycles. The highest BCUT2D eigenvalue weighted by Gasteiger charge is 2.45. The molecule has 1 aliphatic carbocycles. The van der Waals surface area contributed by atoms with E-state index in [1.807, 2.05) is 30.3 Å². The number of rotatable bonds is 6. The van der Waals surface area contributed by atoms with Gasteiger partial charge >= 0.3 is 0 Å². The van der Waals surface area contributed by atoms with Crippen molar-refractivity contribution in [2.24, 2.45) is 5.92 Å². The van der Waals surface area contributed by atoms with E-state index in [1.165, 1.54) is 11.3 Å². The van der Waals surface area contributed by atoms with Crippen LogP contribution in [0.15, 0.2) is 54.6 Å². The molecule has 10 heteroatoms. The van der Waals surface area contributed by atoms with Crippen LogP contribution in [-0.2, 0) is 21.4 Å². The molecule has 5 heterocycles. The SMILES string of the molecule is CCc1cc2c(cc1N1CCC(CN3CCC(c4ccc5c(c4)C(=O)N(C4CCC(=O)NC4=O)C5=O)CC3)CC1)C(C)(C)c1[nH]c3ccccc3c1C2=O. The molecule has 0 saturated carbocycles. The van der Waals surface area contributed by atoms with E-state index in [2.05, 4.69) is 59.1 Å². The van der Waals surface area contributed by atoms with Crippen molar-refractivity contribution in [3.63, 3.8) is 0 Å². The number of nitrogens with zero attached hydrogens (tertiary/aromatic N) is 3. The summed E-state index contributed by atoms with van der Waals surface area (Å²) in [5.41, 5.74) is 8.72. The molecule has 0 radical (unpaired) electrons. The van der Waals surface area contributed by atoms with Gasteiger partial charge in [-0.25, -0.2) is 0 Å². The van der Waals surface area contributed by atoms with E-state index >= 15 is 0 Å². The van der Waals surface area contributed by atoms with Crippen LogP contribution in [0.5, 0.6) is 0 Å². The summed E-state index contributed by atoms with van der Waals surface area (Å²) >= 11 is 0. The van der Waals surface area contributed by atoms with E-state index in [-0.39, 0.29) is 29.9 Å². The molecule has 3 saturated heterocycles. The van der Waals surface area contributed by atoms with Crippen LogP contribution in [-0.4, -0.2) is 83.0 Å². The molecule has 10 nitrogen and oxygen atoms in total. The van der Waals surface area contributed by atoms with E-state index in [0.29, 0.717) is 23.0 Å². The number of carbonyl (C=O) groups excluding carboxylic acids is 5. The number of hydrogen-bond donors (Lipinski definition) is 2. The van der Waals surface area contributed by atoms with Gasteiger partial charge in [0.25, 0.3) is 11.8 Å². The Morgan fingerprint density at radius 2 is 1.54 bits per heavy atom. The number of nitrogens with one attached hydrogen (secondary N) is 2. The number of hydrogen-bond acceptors (Lipinski definition) is 7. The summed E-state index contributed by atoms with van der Waals surface area (Å²) in [4.78, 5) is 74.5. The Morgan fingerprint density at radius 3 is 2.28 bits per heavy atom. The maximum absolute atomic E-state index is 14.0. The Balaban J connectivity index is 0.830. The summed E-state index contributed by atoms with van der Waals surface area (Å²) in [5.74, 6) is -0.832. The predicted molar refractivity (Wildman–Crippen MR) is 206 cm³/mol. The molecule has 5 aliphatic rings. The smallest absolute Gasteiger partial charge is 0.262 e. The van der Waals surface area contributed by atoms with Gasteiger partial charge in [-0.15, -0.1) is 0 Å². The number of aromatic amines is 1. The van der Waals surface area contributed by atoms with Gasteiger partial charge in [0, 0.05) is 59.3 Å². The first-order chi connectivity index (χ1) is 26.0. The molecule has 0 bridgehead atoms. The number of fused-ring (bicyclic) bond motifs is 5. The number of carbonyl (C=O) groups is 5. The lowest BCUT2D eigenvalue weighted by atomic mass is 9.70. The van der Waals surface area contributed by atoms with Crippen molar-refractivity contribution in [2.75, 3.05) is 37.6 Å². The van der Waals surface area contributed by atoms with Crippen LogP contribution < -0.4 is 10.2 Å². The summed E-state index contributed by atoms with van der Waals surface area (Å²) in [6, 6.07) is 17.2. The first-order valence-corrected chi connectivity index (χ1v) is 19.7. The van der Waals surface area contributed by atoms with Gasteiger partial charge in [-0.05, 0) is 110 Å². The second-order valence-corrected chi connectivity index (χ2v) is 16.5. The number of amides is 4. The standard InChI is InChI=1S/C44H47N5O5/c1-4-26-21-32-33(44(2,3)40-38(39(32)51)30-7-5-6-8-34(30)45-40)23-36(26)48-19-13-25(14-20-48)24-47-17-15-27(16-18-47)28-9-10-29-31(22-28)43(54)49(42(29)53)35-11-12-37(50)46-41(35)52/h5-10,21-23,25,27,35,45H,4,11-20,24H2,1-3H3,(H,46,50,52). The maximum Gasteiger partial charge on any atom is 0.262 e. The lowest BCUT2D eigenvalue weighted by Gasteiger charge is -2.40. The fourth-order valence-electron chi connectivity index (χ4n) is 9.94. The molecule has 2 N–H and O–H groups in total. The first kappa shape index (κ1) is 34.7. The maximum atomic E-state index is 14.0. The molecule has 3 fully saturated rings. The molecule has 4 amide bonds. The van der Waals surface area contributed by atoms with Crippen LogP contribution in [0, 0.1) is 5.92 Å². The highest BCUT2D eigenvalue weighted by atomic mass is 16.2. The van der Waals surface area contributed by atoms with Crippen LogP contribution in [0.2, 0.25) is 0 Å². The third-order valence-electron chi connectivity index (χ3n) is 13.1. The summed E-state index contributed by atoms with van der Waals surface area (Å²) in [6.07, 6.45) is 5.35. The van der Waals surface area contributed by atoms with Crippen LogP contribution in [0.4, 0.5) is 5.69 Å². The minimum Gasteiger partial charge on any atom is -0.371 e. The quantitative estimate of drug-likeness (QED) is 0.231. The number of aromatic nitrogens is 1. The van der Waals surface area contributed by atoms with Crippen molar-refractivity contribution < 1.29 is 24.0 Å². The van der Waals surface area contributed by atoms with Gasteiger partial charge in [0.05, 0.1) is 16.7 Å². The van der Waals surface area contributed by atoms with Crippen LogP contribution >= 0.6 is 0 Å². The van der Waals surface area contributed by atoms with Gasteiger partial charge in [0.1, 0.15) is 6.04 Å². The molecular formula is C44H47N5O5. The van der Waals surface area contributed by atoms with E-state index in [1.54, 1.807) is 6.07 Å². The number of likely N-dealkylation sites (tertiary alicyclic amines) is 1. The van der Waals surface area contributed by atoms with Crippen LogP contribution in [0.25, 0.3) is 10.9 Å². The predicted octanol–water partition coefficient (Wildman–Crippen LogP) is 6.10. The number of anilines is 1. The number of ketones is 1. The largest absolute Gasteiger partial charge is 0.371 e. The van der Waals surface area contributed by atoms with Crippen molar-refractivity contribution >= 4 is 46.0 Å². The zero-order chi connectivity index (χ0) is 37.5. The average Bonchev–Trinajstić information content (AvgIpc) is 3.69. The van der Waals surface area contributed by atoms with E-state index in [0.717, 1.165) is 109 Å². The van der Waals surface area contributed by atoms with Gasteiger partial charge in [-0.2, -0.15) is 0 Å². The normalized spacial score (nSPS) is 22.1. The van der Waals surface area contributed by atoms with Gasteiger partial charge in [0.2, 0.25) is 11.8 Å². The molecule has 3 aromatic carbocycles. The van der Waals surface area contributed by atoms with Crippen molar-refractivity contribution in [3.8, 4) is 0 Å². The second kappa shape index (κ2) is 13.0. The Hall–Kier alpha value is -5.09. The third-order valence-corrected chi connectivity index (χ3v) is 13.1. The second-order valence-electron chi connectivity index (χ2n) is 16.5. The average molecular weight is 726 g/mol. The van der Waals surface area contributed by atoms with Crippen LogP contribution in [0.3, 0.4) is 0 Å². The van der Waals surface area contributed by atoms with Gasteiger partial charge < -0.3 is 14.8 Å². The number of imide groups is 2. The molecule has 278 valence electrons. The van der Waals surface area contributed by atoms with Gasteiger partial charge in [-0.1, -0.05) is 45.0 Å². The van der Waals surface area contributed by atoms with Crippen molar-refractivity contribution in [1.29, 1.82) is 0 Å². The van der Waals surface area contributed by atoms with Gasteiger partial charge in [0.15, 0.2) is 5.78 Å². The molecule has 0 spiro atoms. The van der Waals surface area contributed by atoms with Crippen LogP contribution in [0.1, 0.15) is 124 Å². The molecule has 54 heavy (non-hydrogen) atoms. The summed E-state index contributed by atoms with van der Waals surface area (Å²) in [6.45, 7) is 11.7. The monoisotopic (exact) mass is 725 g/mol. The number of para-hydroxylation sites is 1. The van der Waals surface area contributed by atoms with Crippen molar-refractivity contribution in [3.05, 3.63) is 99.2 Å². The zero-order valence-electron chi connectivity index (χ0n) is 31.3. The Labute approximate surface area is 315 Å². The fourth-order valence-corrected chi connectivity index (χ4v) is 9.94. The fraction of sp³-hybridized carbons (Fsp3) is 0.432. The summed E-state index contributed by atoms with van der Waals surface area (Å²) in [7, 11) is 0. The molecular weight excluding hydrogens is 679 g/mol. The van der Waals surface area contributed by atoms with E-state index in [9.17, 15) is 24.0 Å². The Bertz CT molecular complexity index is 2250. The lowest BCUT2D eigenvalue weighted by Crippen LogP contribution is -2.54. The minimum absolute atomic E-state index is 0.108. The number of H-pyrrole nitrogens is 1. The first-order valence-electron chi connectivity index (χ1n) is 19.7. The summed E-state index contributed by atoms with van der Waals surface area (Å²) in [5, 5.41) is 3.26. The Kier molecular flexibility index (Phi) is 8.37. The topological polar surface area (TPSA) is 123 Å². The molecule has 1 atom stereocenters. The van der Waals surface area contributed by atoms with Gasteiger partial charge in [-0.3, -0.25) is 34.2 Å². The van der Waals surface area contributed by atoms with E-state index in [4.69, 9.17) is 0 Å². The highest BCUT2D eigenvalue weighted by Crippen LogP contribution is 2.46. The molecule has 9 rings (SSSR count). The molecule has 4 aromatic rings. The number of benzene rings is 3. The summed E-state index contributed by atoms with van der Waals surface area (Å²) < 4.78 is 0. The van der Waals surface area contributed by atoms with E-state index < -0.39 is 23.8 Å². The Morgan fingerprint density at radius 1 is 0.796 bits per heavy atom. The molecule has 1 unspecified atom stereocenters. The highest BCUT2D eigenvalue weighted by molar-refractivity contribution is 6.23. The molecule has 4 aliphatic heterocycles. The number of piperidine rings is 3. The minimum atomic E-state index is -0.951. The zero-order valence-corrected chi connectivity index (χ0v) is 31.3. The third kappa shape index (κ3) is 5.51. The van der Waals surface area contributed by atoms with Crippen molar-refractivity contribution in [2.45, 2.75) is 83.1 Å².